The molecule has 1 aromatic rings. The van der Waals surface area contributed by atoms with Gasteiger partial charge in [0.15, 0.2) is 0 Å². The highest BCUT2D eigenvalue weighted by atomic mass is 35.5. The van der Waals surface area contributed by atoms with E-state index in [4.69, 9.17) is 11.6 Å². The molecule has 0 atom stereocenters. The molecule has 1 saturated heterocycles. The summed E-state index contributed by atoms with van der Waals surface area (Å²) in [5.41, 5.74) is -0.0282. The molecular formula is C14H14ClF3NO. The number of hydrogen-bond donors (Lipinski definition) is 0. The van der Waals surface area contributed by atoms with Gasteiger partial charge in [-0.2, -0.15) is 13.2 Å². The van der Waals surface area contributed by atoms with E-state index < -0.39 is 11.7 Å². The Hall–Kier alpha value is -1.23. The Balaban J connectivity index is 2.06. The number of likely N-dealkylation sites (tertiary alicyclic amines) is 1. The van der Waals surface area contributed by atoms with Gasteiger partial charge in [-0.25, -0.2) is 0 Å². The van der Waals surface area contributed by atoms with Crippen LogP contribution in [0, 0.1) is 5.92 Å². The Labute approximate surface area is 120 Å². The molecule has 109 valence electrons. The number of rotatable bonds is 2. The zero-order chi connectivity index (χ0) is 14.8. The van der Waals surface area contributed by atoms with Crippen LogP contribution in [0.5, 0.6) is 0 Å². The first-order chi connectivity index (χ1) is 9.41. The van der Waals surface area contributed by atoms with Gasteiger partial charge in [0.05, 0.1) is 5.56 Å². The van der Waals surface area contributed by atoms with E-state index in [1.54, 1.807) is 11.0 Å². The first-order valence-corrected chi connectivity index (χ1v) is 6.81. The van der Waals surface area contributed by atoms with Gasteiger partial charge >= 0.3 is 6.18 Å². The number of carbonyl (C=O) groups excluding carboxylic acids is 1. The first kappa shape index (κ1) is 15.2. The summed E-state index contributed by atoms with van der Waals surface area (Å²) in [5.74, 6) is 0.767. The smallest absolute Gasteiger partial charge is 0.342 e. The molecule has 0 saturated carbocycles. The van der Waals surface area contributed by atoms with Crippen molar-refractivity contribution in [1.82, 2.24) is 4.90 Å². The summed E-state index contributed by atoms with van der Waals surface area (Å²) < 4.78 is 38.0. The summed E-state index contributed by atoms with van der Waals surface area (Å²) in [7, 11) is 0. The van der Waals surface area contributed by atoms with Gasteiger partial charge in [-0.05, 0) is 24.5 Å². The molecule has 2 nitrogen and oxygen atoms in total. The Morgan fingerprint density at radius 3 is 2.45 bits per heavy atom. The van der Waals surface area contributed by atoms with Gasteiger partial charge in [-0.3, -0.25) is 4.79 Å². The molecule has 1 aliphatic heterocycles. The average molecular weight is 305 g/mol. The van der Waals surface area contributed by atoms with Gasteiger partial charge < -0.3 is 4.90 Å². The highest BCUT2D eigenvalue weighted by molar-refractivity contribution is 6.27. The Kier molecular flexibility index (Phi) is 4.58. The van der Waals surface area contributed by atoms with Crippen LogP contribution in [0.2, 0.25) is 0 Å². The lowest BCUT2D eigenvalue weighted by Crippen LogP contribution is -2.38. The number of halogens is 4. The molecule has 20 heavy (non-hydrogen) atoms. The number of nitrogens with zero attached hydrogens (tertiary/aromatic N) is 1. The Morgan fingerprint density at radius 2 is 1.90 bits per heavy atom. The summed E-state index contributed by atoms with van der Waals surface area (Å²) in [6, 6.07) is 5.34. The molecule has 2 rings (SSSR count). The maximum Gasteiger partial charge on any atom is 0.416 e. The highest BCUT2D eigenvalue weighted by Crippen LogP contribution is 2.33. The zero-order valence-electron chi connectivity index (χ0n) is 10.7. The van der Waals surface area contributed by atoms with Crippen molar-refractivity contribution in [2.75, 3.05) is 19.0 Å². The maximum atomic E-state index is 12.7. The molecule has 1 heterocycles. The van der Waals surface area contributed by atoms with Crippen molar-refractivity contribution in [3.63, 3.8) is 0 Å². The molecule has 0 unspecified atom stereocenters. The molecule has 0 aliphatic carbocycles. The highest BCUT2D eigenvalue weighted by Gasteiger charge is 2.31. The summed E-state index contributed by atoms with van der Waals surface area (Å²) >= 11 is 5.49. The largest absolute Gasteiger partial charge is 0.416 e. The predicted molar refractivity (Wildman–Crippen MR) is 70.3 cm³/mol. The third-order valence-corrected chi connectivity index (χ3v) is 3.66. The van der Waals surface area contributed by atoms with E-state index in [-0.39, 0.29) is 11.8 Å². The van der Waals surface area contributed by atoms with Crippen LogP contribution >= 0.6 is 11.6 Å². The minimum absolute atomic E-state index is 0.0567. The molecule has 1 fully saturated rings. The van der Waals surface area contributed by atoms with Crippen molar-refractivity contribution in [3.8, 4) is 0 Å². The molecule has 0 N–H and O–H groups in total. The topological polar surface area (TPSA) is 20.3 Å². The molecule has 0 bridgehead atoms. The second-order valence-corrected chi connectivity index (χ2v) is 4.96. The average Bonchev–Trinajstić information content (AvgIpc) is 2.46. The van der Waals surface area contributed by atoms with Crippen LogP contribution in [0.15, 0.2) is 24.3 Å². The minimum Gasteiger partial charge on any atom is -0.342 e. The van der Waals surface area contributed by atoms with Gasteiger partial charge in [-0.15, -0.1) is 11.6 Å². The van der Waals surface area contributed by atoms with E-state index in [0.29, 0.717) is 31.5 Å². The van der Waals surface area contributed by atoms with E-state index in [0.717, 1.165) is 12.0 Å². The number of benzene rings is 1. The first-order valence-electron chi connectivity index (χ1n) is 6.28. The second kappa shape index (κ2) is 6.04. The van der Waals surface area contributed by atoms with Crippen LogP contribution in [-0.2, 0) is 11.0 Å². The van der Waals surface area contributed by atoms with E-state index in [1.165, 1.54) is 12.1 Å². The molecule has 1 radical (unpaired) electrons. The van der Waals surface area contributed by atoms with Crippen LogP contribution in [0.25, 0.3) is 0 Å². The standard InChI is InChI=1S/C14H14ClF3NO/c15-9-13(20)19-6-4-10(5-7-19)11-2-1-3-12(8-11)14(16,17)18/h1-3,8H,4-7,9H2. The monoisotopic (exact) mass is 304 g/mol. The number of hydrogen-bond acceptors (Lipinski definition) is 1. The molecule has 1 amide bonds. The van der Waals surface area contributed by atoms with Crippen LogP contribution in [0.4, 0.5) is 13.2 Å². The zero-order valence-corrected chi connectivity index (χ0v) is 11.5. The van der Waals surface area contributed by atoms with E-state index in [1.807, 2.05) is 0 Å². The van der Waals surface area contributed by atoms with Crippen molar-refractivity contribution in [2.45, 2.75) is 19.0 Å². The number of amides is 1. The SMILES string of the molecule is O=C(CCl)N1CC[C](c2cccc(C(F)(F)F)c2)CC1. The number of piperidine rings is 1. The fourth-order valence-corrected chi connectivity index (χ4v) is 2.48. The lowest BCUT2D eigenvalue weighted by atomic mass is 9.88. The van der Waals surface area contributed by atoms with Gasteiger partial charge in [0.2, 0.25) is 5.91 Å². The van der Waals surface area contributed by atoms with Crippen LogP contribution in [-0.4, -0.2) is 29.8 Å². The van der Waals surface area contributed by atoms with Crippen LogP contribution < -0.4 is 0 Å². The van der Waals surface area contributed by atoms with Gasteiger partial charge in [0, 0.05) is 19.0 Å². The van der Waals surface area contributed by atoms with E-state index >= 15 is 0 Å². The van der Waals surface area contributed by atoms with Gasteiger partial charge in [-0.1, -0.05) is 18.2 Å². The van der Waals surface area contributed by atoms with Gasteiger partial charge in [0.25, 0.3) is 0 Å². The summed E-state index contributed by atoms with van der Waals surface area (Å²) in [5, 5.41) is 0. The fraction of sp³-hybridized carbons (Fsp3) is 0.429. The number of carbonyl (C=O) groups is 1. The second-order valence-electron chi connectivity index (χ2n) is 4.70. The molecular weight excluding hydrogens is 291 g/mol. The Bertz CT molecular complexity index is 482. The van der Waals surface area contributed by atoms with Crippen molar-refractivity contribution in [2.24, 2.45) is 0 Å². The van der Waals surface area contributed by atoms with E-state index in [9.17, 15) is 18.0 Å². The molecule has 1 aromatic carbocycles. The predicted octanol–water partition coefficient (Wildman–Crippen LogP) is 3.49. The van der Waals surface area contributed by atoms with Crippen LogP contribution in [0.3, 0.4) is 0 Å². The van der Waals surface area contributed by atoms with E-state index in [2.05, 4.69) is 0 Å². The Morgan fingerprint density at radius 1 is 1.25 bits per heavy atom. The lowest BCUT2D eigenvalue weighted by molar-refractivity contribution is -0.137. The summed E-state index contributed by atoms with van der Waals surface area (Å²) in [6.07, 6.45) is -3.15. The summed E-state index contributed by atoms with van der Waals surface area (Å²) in [6.45, 7) is 1.02. The molecule has 0 spiro atoms. The third kappa shape index (κ3) is 3.45. The van der Waals surface area contributed by atoms with Crippen molar-refractivity contribution in [1.29, 1.82) is 0 Å². The fourth-order valence-electron chi connectivity index (χ4n) is 2.31. The number of alkyl halides is 4. The molecule has 6 heteroatoms. The summed E-state index contributed by atoms with van der Waals surface area (Å²) in [4.78, 5) is 13.1. The van der Waals surface area contributed by atoms with Crippen molar-refractivity contribution >= 4 is 17.5 Å². The molecule has 0 aromatic heterocycles. The van der Waals surface area contributed by atoms with Crippen molar-refractivity contribution in [3.05, 3.63) is 41.3 Å². The van der Waals surface area contributed by atoms with Gasteiger partial charge in [0.1, 0.15) is 5.88 Å². The quantitative estimate of drug-likeness (QED) is 0.766. The minimum atomic E-state index is -4.33. The third-order valence-electron chi connectivity index (χ3n) is 3.43. The lowest BCUT2D eigenvalue weighted by Gasteiger charge is -2.31. The normalized spacial score (nSPS) is 17.3. The molecule has 1 aliphatic rings. The van der Waals surface area contributed by atoms with Crippen molar-refractivity contribution < 1.29 is 18.0 Å². The van der Waals surface area contributed by atoms with Crippen LogP contribution in [0.1, 0.15) is 24.0 Å². The maximum absolute atomic E-state index is 12.7.